The second-order valence-electron chi connectivity index (χ2n) is 5.79. The van der Waals surface area contributed by atoms with Crippen LogP contribution in [0.2, 0.25) is 0 Å². The van der Waals surface area contributed by atoms with Crippen LogP contribution in [0.25, 0.3) is 0 Å². The Morgan fingerprint density at radius 1 is 1.63 bits per heavy atom. The van der Waals surface area contributed by atoms with Crippen LogP contribution < -0.4 is 0 Å². The number of nitrogens with zero attached hydrogens (tertiary/aromatic N) is 2. The monoisotopic (exact) mass is 268 g/mol. The molecule has 0 saturated carbocycles. The molecule has 0 radical (unpaired) electrons. The minimum Gasteiger partial charge on any atom is -0.446 e. The molecule has 1 amide bonds. The van der Waals surface area contributed by atoms with Gasteiger partial charge in [-0.25, -0.2) is 9.78 Å². The number of oxazole rings is 1. The molecule has 2 unspecified atom stereocenters. The van der Waals surface area contributed by atoms with Gasteiger partial charge in [0.2, 0.25) is 5.89 Å². The van der Waals surface area contributed by atoms with Gasteiger partial charge in [-0.05, 0) is 27.2 Å². The van der Waals surface area contributed by atoms with Gasteiger partial charge in [0.15, 0.2) is 0 Å². The summed E-state index contributed by atoms with van der Waals surface area (Å²) in [5.74, 6) is 0.238. The van der Waals surface area contributed by atoms with Crippen LogP contribution in [-0.2, 0) is 4.74 Å². The Balaban J connectivity index is 1.91. The molecule has 0 aliphatic carbocycles. The second kappa shape index (κ2) is 5.21. The molecule has 6 heteroatoms. The summed E-state index contributed by atoms with van der Waals surface area (Å²) in [4.78, 5) is 17.5. The zero-order valence-electron chi connectivity index (χ0n) is 11.5. The third-order valence-corrected chi connectivity index (χ3v) is 3.03. The lowest BCUT2D eigenvalue weighted by atomic mass is 10.0. The number of likely N-dealkylation sites (tertiary alicyclic amines) is 1. The lowest BCUT2D eigenvalue weighted by Crippen LogP contribution is -2.35. The average Bonchev–Trinajstić information content (AvgIpc) is 2.98. The summed E-state index contributed by atoms with van der Waals surface area (Å²) >= 11 is 0. The van der Waals surface area contributed by atoms with E-state index in [1.165, 1.54) is 12.5 Å². The van der Waals surface area contributed by atoms with E-state index >= 15 is 0 Å². The van der Waals surface area contributed by atoms with Crippen molar-refractivity contribution < 1.29 is 19.1 Å². The summed E-state index contributed by atoms with van der Waals surface area (Å²) in [5, 5.41) is 10.1. The van der Waals surface area contributed by atoms with Crippen molar-refractivity contribution in [3.05, 3.63) is 18.4 Å². The standard InChI is InChI=1S/C13H20N2O4/c1-13(2,3)19-12(17)15-6-4-9(8-15)10(16)11-14-5-7-18-11/h5,7,9-10,16H,4,6,8H2,1-3H3. The number of aromatic nitrogens is 1. The highest BCUT2D eigenvalue weighted by atomic mass is 16.6. The minimum atomic E-state index is -0.776. The van der Waals surface area contributed by atoms with Crippen molar-refractivity contribution in [1.82, 2.24) is 9.88 Å². The van der Waals surface area contributed by atoms with Crippen LogP contribution >= 0.6 is 0 Å². The van der Waals surface area contributed by atoms with Gasteiger partial charge in [0.25, 0.3) is 0 Å². The number of hydrogen-bond acceptors (Lipinski definition) is 5. The fraction of sp³-hybridized carbons (Fsp3) is 0.692. The van der Waals surface area contributed by atoms with E-state index in [1.807, 2.05) is 20.8 Å². The average molecular weight is 268 g/mol. The maximum Gasteiger partial charge on any atom is 0.410 e. The molecule has 1 N–H and O–H groups in total. The van der Waals surface area contributed by atoms with E-state index in [-0.39, 0.29) is 12.0 Å². The van der Waals surface area contributed by atoms with Crippen molar-refractivity contribution in [1.29, 1.82) is 0 Å². The Labute approximate surface area is 112 Å². The minimum absolute atomic E-state index is 0.0637. The Morgan fingerprint density at radius 2 is 2.37 bits per heavy atom. The van der Waals surface area contributed by atoms with Crippen molar-refractivity contribution in [2.45, 2.75) is 38.9 Å². The molecule has 1 aliphatic heterocycles. The van der Waals surface area contributed by atoms with Crippen molar-refractivity contribution >= 4 is 6.09 Å². The highest BCUT2D eigenvalue weighted by Gasteiger charge is 2.35. The normalized spacial score (nSPS) is 21.5. The third-order valence-electron chi connectivity index (χ3n) is 3.03. The molecule has 1 aromatic rings. The fourth-order valence-electron chi connectivity index (χ4n) is 2.12. The van der Waals surface area contributed by atoms with E-state index in [1.54, 1.807) is 4.90 Å². The first-order valence-electron chi connectivity index (χ1n) is 6.42. The largest absolute Gasteiger partial charge is 0.446 e. The maximum atomic E-state index is 11.9. The molecule has 1 fully saturated rings. The van der Waals surface area contributed by atoms with Crippen LogP contribution in [0.1, 0.15) is 39.2 Å². The molecular weight excluding hydrogens is 248 g/mol. The fourth-order valence-corrected chi connectivity index (χ4v) is 2.12. The molecule has 1 aromatic heterocycles. The van der Waals surface area contributed by atoms with E-state index in [4.69, 9.17) is 9.15 Å². The molecule has 106 valence electrons. The predicted molar refractivity (Wildman–Crippen MR) is 67.4 cm³/mol. The van der Waals surface area contributed by atoms with Crippen molar-refractivity contribution in [2.75, 3.05) is 13.1 Å². The molecule has 6 nitrogen and oxygen atoms in total. The molecular formula is C13H20N2O4. The number of carbonyl (C=O) groups is 1. The van der Waals surface area contributed by atoms with Gasteiger partial charge in [0.05, 0.1) is 6.20 Å². The first-order valence-corrected chi connectivity index (χ1v) is 6.42. The zero-order valence-corrected chi connectivity index (χ0v) is 11.5. The first kappa shape index (κ1) is 13.9. The Morgan fingerprint density at radius 3 is 2.95 bits per heavy atom. The van der Waals surface area contributed by atoms with Gasteiger partial charge in [-0.2, -0.15) is 0 Å². The van der Waals surface area contributed by atoms with Crippen molar-refractivity contribution in [3.63, 3.8) is 0 Å². The van der Waals surface area contributed by atoms with Crippen LogP contribution in [-0.4, -0.2) is 39.8 Å². The molecule has 2 atom stereocenters. The number of hydrogen-bond donors (Lipinski definition) is 1. The number of amides is 1. The van der Waals surface area contributed by atoms with E-state index in [2.05, 4.69) is 4.98 Å². The van der Waals surface area contributed by atoms with Gasteiger partial charge in [0, 0.05) is 19.0 Å². The van der Waals surface area contributed by atoms with Crippen LogP contribution in [0.3, 0.4) is 0 Å². The highest BCUT2D eigenvalue weighted by molar-refractivity contribution is 5.68. The summed E-state index contributed by atoms with van der Waals surface area (Å²) in [5.41, 5.74) is -0.504. The smallest absolute Gasteiger partial charge is 0.410 e. The van der Waals surface area contributed by atoms with Gasteiger partial charge < -0.3 is 19.2 Å². The van der Waals surface area contributed by atoms with E-state index in [0.717, 1.165) is 0 Å². The van der Waals surface area contributed by atoms with Crippen LogP contribution in [0.5, 0.6) is 0 Å². The lowest BCUT2D eigenvalue weighted by Gasteiger charge is -2.24. The maximum absolute atomic E-state index is 11.9. The molecule has 1 aliphatic rings. The third kappa shape index (κ3) is 3.47. The number of ether oxygens (including phenoxy) is 1. The molecule has 0 aromatic carbocycles. The number of carbonyl (C=O) groups excluding carboxylic acids is 1. The molecule has 0 spiro atoms. The summed E-state index contributed by atoms with van der Waals surface area (Å²) in [7, 11) is 0. The molecule has 19 heavy (non-hydrogen) atoms. The number of aliphatic hydroxyl groups excluding tert-OH is 1. The lowest BCUT2D eigenvalue weighted by molar-refractivity contribution is 0.0257. The SMILES string of the molecule is CC(C)(C)OC(=O)N1CCC(C(O)c2ncco2)C1. The molecule has 2 heterocycles. The molecule has 1 saturated heterocycles. The van der Waals surface area contributed by atoms with Crippen LogP contribution in [0.4, 0.5) is 4.79 Å². The van der Waals surface area contributed by atoms with Crippen molar-refractivity contribution in [3.8, 4) is 0 Å². The van der Waals surface area contributed by atoms with Crippen LogP contribution in [0.15, 0.2) is 16.9 Å². The van der Waals surface area contributed by atoms with Gasteiger partial charge in [-0.1, -0.05) is 0 Å². The molecule has 2 rings (SSSR count). The Kier molecular flexibility index (Phi) is 3.80. The molecule has 0 bridgehead atoms. The Hall–Kier alpha value is -1.56. The van der Waals surface area contributed by atoms with E-state index in [9.17, 15) is 9.90 Å². The first-order chi connectivity index (χ1) is 8.87. The number of rotatable bonds is 2. The summed E-state index contributed by atoms with van der Waals surface area (Å²) < 4.78 is 10.4. The number of aliphatic hydroxyl groups is 1. The second-order valence-corrected chi connectivity index (χ2v) is 5.79. The predicted octanol–water partition coefficient (Wildman–Crippen LogP) is 1.96. The zero-order chi connectivity index (χ0) is 14.0. The summed E-state index contributed by atoms with van der Waals surface area (Å²) in [6, 6.07) is 0. The Bertz CT molecular complexity index is 424. The van der Waals surface area contributed by atoms with Crippen LogP contribution in [0, 0.1) is 5.92 Å². The van der Waals surface area contributed by atoms with Crippen molar-refractivity contribution in [2.24, 2.45) is 5.92 Å². The summed E-state index contributed by atoms with van der Waals surface area (Å²) in [6.45, 7) is 6.54. The van der Waals surface area contributed by atoms with Gasteiger partial charge in [0.1, 0.15) is 18.0 Å². The summed E-state index contributed by atoms with van der Waals surface area (Å²) in [6.07, 6.45) is 2.53. The van der Waals surface area contributed by atoms with Gasteiger partial charge >= 0.3 is 6.09 Å². The topological polar surface area (TPSA) is 75.8 Å². The van der Waals surface area contributed by atoms with E-state index < -0.39 is 11.7 Å². The van der Waals surface area contributed by atoms with Gasteiger partial charge in [-0.3, -0.25) is 0 Å². The van der Waals surface area contributed by atoms with Gasteiger partial charge in [-0.15, -0.1) is 0 Å². The quantitative estimate of drug-likeness (QED) is 0.887. The highest BCUT2D eigenvalue weighted by Crippen LogP contribution is 2.29. The van der Waals surface area contributed by atoms with E-state index in [0.29, 0.717) is 25.4 Å².